The van der Waals surface area contributed by atoms with Crippen LogP contribution in [-0.2, 0) is 9.47 Å². The van der Waals surface area contributed by atoms with Crippen molar-refractivity contribution in [3.05, 3.63) is 95.6 Å². The van der Waals surface area contributed by atoms with Gasteiger partial charge in [-0.15, -0.1) is 0 Å². The van der Waals surface area contributed by atoms with Crippen LogP contribution in [0.3, 0.4) is 0 Å². The molecule has 3 aromatic rings. The lowest BCUT2D eigenvalue weighted by Gasteiger charge is -2.19. The maximum atomic E-state index is 13.0. The van der Waals surface area contributed by atoms with Crippen LogP contribution in [-0.4, -0.2) is 31.8 Å². The highest BCUT2D eigenvalue weighted by Crippen LogP contribution is 2.23. The number of ether oxygens (including phenoxy) is 4. The monoisotopic (exact) mass is 546 g/mol. The largest absolute Gasteiger partial charge is 0.493 e. The van der Waals surface area contributed by atoms with Gasteiger partial charge in [0.1, 0.15) is 18.1 Å². The number of carbonyl (C=O) groups is 2. The SMILES string of the molecule is CCC[C@@H](C)COc1ccc(C(=O)OCC(OC(=O)c2ccc(OC[C@H](C)CCC)cc2)c2ccccc2)cc1. The van der Waals surface area contributed by atoms with Gasteiger partial charge in [0.2, 0.25) is 0 Å². The fourth-order valence-electron chi connectivity index (χ4n) is 4.30. The number of esters is 2. The van der Waals surface area contributed by atoms with Gasteiger partial charge in [0.05, 0.1) is 24.3 Å². The second kappa shape index (κ2) is 16.3. The van der Waals surface area contributed by atoms with E-state index in [0.29, 0.717) is 47.7 Å². The first-order valence-electron chi connectivity index (χ1n) is 14.3. The second-order valence-electron chi connectivity index (χ2n) is 10.4. The third kappa shape index (κ3) is 10.1. The summed E-state index contributed by atoms with van der Waals surface area (Å²) >= 11 is 0. The molecule has 0 aliphatic rings. The first-order valence-corrected chi connectivity index (χ1v) is 14.3. The van der Waals surface area contributed by atoms with E-state index in [0.717, 1.165) is 31.2 Å². The van der Waals surface area contributed by atoms with Gasteiger partial charge in [-0.1, -0.05) is 70.9 Å². The Morgan fingerprint density at radius 3 is 1.57 bits per heavy atom. The molecule has 0 N–H and O–H groups in total. The van der Waals surface area contributed by atoms with Gasteiger partial charge in [-0.3, -0.25) is 0 Å². The zero-order valence-corrected chi connectivity index (χ0v) is 24.1. The number of benzene rings is 3. The van der Waals surface area contributed by atoms with E-state index in [-0.39, 0.29) is 6.61 Å². The highest BCUT2D eigenvalue weighted by molar-refractivity contribution is 5.90. The fourth-order valence-corrected chi connectivity index (χ4v) is 4.30. The van der Waals surface area contributed by atoms with Crippen LogP contribution in [0.15, 0.2) is 78.9 Å². The average molecular weight is 547 g/mol. The molecule has 1 unspecified atom stereocenters. The molecular weight excluding hydrogens is 504 g/mol. The Labute approximate surface area is 238 Å². The average Bonchev–Trinajstić information content (AvgIpc) is 2.98. The van der Waals surface area contributed by atoms with Crippen LogP contribution in [0.5, 0.6) is 11.5 Å². The maximum absolute atomic E-state index is 13.0. The van der Waals surface area contributed by atoms with Crippen molar-refractivity contribution in [1.29, 1.82) is 0 Å². The minimum Gasteiger partial charge on any atom is -0.493 e. The normalized spacial score (nSPS) is 13.1. The van der Waals surface area contributed by atoms with Gasteiger partial charge in [0.15, 0.2) is 6.10 Å². The topological polar surface area (TPSA) is 71.1 Å². The van der Waals surface area contributed by atoms with E-state index >= 15 is 0 Å². The van der Waals surface area contributed by atoms with E-state index in [4.69, 9.17) is 18.9 Å². The summed E-state index contributed by atoms with van der Waals surface area (Å²) in [6.45, 7) is 9.78. The van der Waals surface area contributed by atoms with Crippen LogP contribution >= 0.6 is 0 Å². The molecule has 0 aliphatic heterocycles. The Balaban J connectivity index is 1.58. The third-order valence-electron chi connectivity index (χ3n) is 6.60. The van der Waals surface area contributed by atoms with E-state index in [2.05, 4.69) is 27.7 Å². The molecule has 40 heavy (non-hydrogen) atoms. The van der Waals surface area contributed by atoms with Gasteiger partial charge in [0, 0.05) is 0 Å². The molecule has 3 rings (SSSR count). The van der Waals surface area contributed by atoms with Crippen LogP contribution in [0.4, 0.5) is 0 Å². The van der Waals surface area contributed by atoms with Gasteiger partial charge in [0.25, 0.3) is 0 Å². The van der Waals surface area contributed by atoms with Crippen molar-refractivity contribution in [1.82, 2.24) is 0 Å². The summed E-state index contributed by atoms with van der Waals surface area (Å²) in [5, 5.41) is 0. The van der Waals surface area contributed by atoms with E-state index in [1.54, 1.807) is 48.5 Å². The Kier molecular flexibility index (Phi) is 12.6. The quantitative estimate of drug-likeness (QED) is 0.169. The van der Waals surface area contributed by atoms with Crippen molar-refractivity contribution < 1.29 is 28.5 Å². The lowest BCUT2D eigenvalue weighted by Crippen LogP contribution is -2.19. The van der Waals surface area contributed by atoms with Crippen molar-refractivity contribution in [3.8, 4) is 11.5 Å². The molecule has 6 heteroatoms. The minimum absolute atomic E-state index is 0.113. The molecule has 6 nitrogen and oxygen atoms in total. The minimum atomic E-state index is -0.758. The second-order valence-corrected chi connectivity index (χ2v) is 10.4. The van der Waals surface area contributed by atoms with Gasteiger partial charge >= 0.3 is 11.9 Å². The molecule has 0 spiro atoms. The third-order valence-corrected chi connectivity index (χ3v) is 6.60. The number of hydrogen-bond donors (Lipinski definition) is 0. The van der Waals surface area contributed by atoms with Crippen LogP contribution in [0, 0.1) is 11.8 Å². The molecule has 0 saturated carbocycles. The zero-order valence-electron chi connectivity index (χ0n) is 24.1. The summed E-state index contributed by atoms with van der Waals surface area (Å²) in [6.07, 6.45) is 3.69. The summed E-state index contributed by atoms with van der Waals surface area (Å²) in [4.78, 5) is 25.7. The molecule has 0 radical (unpaired) electrons. The smallest absolute Gasteiger partial charge is 0.338 e. The van der Waals surface area contributed by atoms with Crippen molar-refractivity contribution in [2.24, 2.45) is 11.8 Å². The first-order chi connectivity index (χ1) is 19.4. The standard InChI is InChI=1S/C34H42O6/c1-5-10-25(3)22-37-30-18-14-28(15-19-30)33(35)39-24-32(27-12-8-7-9-13-27)40-34(36)29-16-20-31(21-17-29)38-23-26(4)11-6-2/h7-9,12-21,25-26,32H,5-6,10-11,22-24H2,1-4H3/t25-,26-,32?/m1/s1. The number of hydrogen-bond acceptors (Lipinski definition) is 6. The predicted octanol–water partition coefficient (Wildman–Crippen LogP) is 8.07. The molecule has 3 aromatic carbocycles. The molecule has 0 heterocycles. The molecule has 0 bridgehead atoms. The van der Waals surface area contributed by atoms with Gasteiger partial charge < -0.3 is 18.9 Å². The fraction of sp³-hybridized carbons (Fsp3) is 0.412. The molecule has 0 aromatic heterocycles. The van der Waals surface area contributed by atoms with Gasteiger partial charge in [-0.2, -0.15) is 0 Å². The van der Waals surface area contributed by atoms with Gasteiger partial charge in [-0.05, 0) is 78.8 Å². The number of carbonyl (C=O) groups excluding carboxylic acids is 2. The van der Waals surface area contributed by atoms with Crippen LogP contribution in [0.25, 0.3) is 0 Å². The van der Waals surface area contributed by atoms with Crippen LogP contribution in [0.1, 0.15) is 85.8 Å². The highest BCUT2D eigenvalue weighted by Gasteiger charge is 2.21. The first kappa shape index (κ1) is 30.7. The molecule has 0 aliphatic carbocycles. The van der Waals surface area contributed by atoms with Crippen LogP contribution < -0.4 is 9.47 Å². The summed E-state index contributed by atoms with van der Waals surface area (Å²) in [5.74, 6) is 1.35. The summed E-state index contributed by atoms with van der Waals surface area (Å²) in [6, 6.07) is 23.0. The van der Waals surface area contributed by atoms with Gasteiger partial charge in [-0.25, -0.2) is 9.59 Å². The summed E-state index contributed by atoms with van der Waals surface area (Å²) < 4.78 is 23.0. The van der Waals surface area contributed by atoms with E-state index in [1.165, 1.54) is 0 Å². The van der Waals surface area contributed by atoms with E-state index in [9.17, 15) is 9.59 Å². The van der Waals surface area contributed by atoms with Crippen molar-refractivity contribution in [2.75, 3.05) is 19.8 Å². The van der Waals surface area contributed by atoms with Crippen molar-refractivity contribution >= 4 is 11.9 Å². The molecule has 3 atom stereocenters. The predicted molar refractivity (Wildman–Crippen MR) is 157 cm³/mol. The zero-order chi connectivity index (χ0) is 28.7. The van der Waals surface area contributed by atoms with Crippen LogP contribution in [0.2, 0.25) is 0 Å². The molecule has 214 valence electrons. The summed E-state index contributed by atoms with van der Waals surface area (Å²) in [7, 11) is 0. The number of rotatable bonds is 16. The molecule has 0 fully saturated rings. The Morgan fingerprint density at radius 1 is 0.625 bits per heavy atom. The molecule has 0 saturated heterocycles. The Morgan fingerprint density at radius 2 is 1.10 bits per heavy atom. The van der Waals surface area contributed by atoms with Crippen molar-refractivity contribution in [3.63, 3.8) is 0 Å². The Bertz CT molecular complexity index is 1160. The van der Waals surface area contributed by atoms with E-state index in [1.807, 2.05) is 30.3 Å². The molecule has 0 amide bonds. The lowest BCUT2D eigenvalue weighted by atomic mass is 10.1. The lowest BCUT2D eigenvalue weighted by molar-refractivity contribution is -0.00134. The maximum Gasteiger partial charge on any atom is 0.338 e. The Hall–Kier alpha value is -3.80. The highest BCUT2D eigenvalue weighted by atomic mass is 16.6. The van der Waals surface area contributed by atoms with Crippen molar-refractivity contribution in [2.45, 2.75) is 59.5 Å². The van der Waals surface area contributed by atoms with E-state index < -0.39 is 18.0 Å². The summed E-state index contributed by atoms with van der Waals surface area (Å²) in [5.41, 5.74) is 1.53. The molecular formula is C34H42O6.